The number of methoxy groups -OCH3 is 1. The minimum atomic E-state index is -3.65. The number of carbonyl (C=O) groups excluding carboxylic acids is 1. The fourth-order valence-corrected chi connectivity index (χ4v) is 3.80. The van der Waals surface area contributed by atoms with Crippen LogP contribution in [0.3, 0.4) is 0 Å². The number of hydrogen-bond donors (Lipinski definition) is 2. The first-order valence-corrected chi connectivity index (χ1v) is 9.68. The van der Waals surface area contributed by atoms with Crippen LogP contribution in [0.2, 0.25) is 0 Å². The van der Waals surface area contributed by atoms with Gasteiger partial charge in [0.25, 0.3) is 5.91 Å². The summed E-state index contributed by atoms with van der Waals surface area (Å²) in [7, 11) is -0.726. The number of ether oxygens (including phenoxy) is 1. The Morgan fingerprint density at radius 1 is 1.15 bits per heavy atom. The molecule has 0 radical (unpaired) electrons. The van der Waals surface area contributed by atoms with Gasteiger partial charge in [-0.2, -0.15) is 0 Å². The zero-order chi connectivity index (χ0) is 19.5. The molecule has 0 unspecified atom stereocenters. The van der Waals surface area contributed by atoms with E-state index in [4.69, 9.17) is 4.74 Å². The number of para-hydroxylation sites is 1. The molecule has 0 spiro atoms. The third-order valence-corrected chi connectivity index (χ3v) is 5.93. The van der Waals surface area contributed by atoms with Gasteiger partial charge < -0.3 is 10.1 Å². The van der Waals surface area contributed by atoms with Crippen molar-refractivity contribution in [2.45, 2.75) is 31.7 Å². The largest absolute Gasteiger partial charge is 0.496 e. The van der Waals surface area contributed by atoms with Gasteiger partial charge in [-0.1, -0.05) is 18.2 Å². The normalized spacial score (nSPS) is 12.5. The number of rotatable bonds is 6. The lowest BCUT2D eigenvalue weighted by Gasteiger charge is -2.18. The highest BCUT2D eigenvalue weighted by atomic mass is 32.2. The highest BCUT2D eigenvalue weighted by molar-refractivity contribution is 7.89. The lowest BCUT2D eigenvalue weighted by molar-refractivity contribution is 0.0939. The molecule has 7 heteroatoms. The Morgan fingerprint density at radius 3 is 2.42 bits per heavy atom. The Kier molecular flexibility index (Phi) is 6.05. The van der Waals surface area contributed by atoms with Crippen molar-refractivity contribution in [2.75, 3.05) is 14.2 Å². The van der Waals surface area contributed by atoms with Crippen molar-refractivity contribution in [1.82, 2.24) is 10.0 Å². The van der Waals surface area contributed by atoms with Gasteiger partial charge >= 0.3 is 0 Å². The summed E-state index contributed by atoms with van der Waals surface area (Å²) in [6.45, 7) is 5.35. The van der Waals surface area contributed by atoms with Gasteiger partial charge in [-0.25, -0.2) is 13.1 Å². The zero-order valence-electron chi connectivity index (χ0n) is 15.6. The lowest BCUT2D eigenvalue weighted by Crippen LogP contribution is -2.28. The van der Waals surface area contributed by atoms with Gasteiger partial charge in [0.2, 0.25) is 10.0 Å². The molecule has 2 aromatic rings. The maximum atomic E-state index is 12.7. The lowest BCUT2D eigenvalue weighted by atomic mass is 10.0. The second kappa shape index (κ2) is 7.88. The molecule has 2 N–H and O–H groups in total. The van der Waals surface area contributed by atoms with Crippen LogP contribution in [-0.2, 0) is 10.0 Å². The second-order valence-electron chi connectivity index (χ2n) is 6.06. The summed E-state index contributed by atoms with van der Waals surface area (Å²) in [5.41, 5.74) is 2.49. The van der Waals surface area contributed by atoms with E-state index in [-0.39, 0.29) is 16.8 Å². The van der Waals surface area contributed by atoms with Gasteiger partial charge in [0.1, 0.15) is 5.75 Å². The van der Waals surface area contributed by atoms with Crippen LogP contribution < -0.4 is 14.8 Å². The predicted octanol–water partition coefficient (Wildman–Crippen LogP) is 2.71. The SMILES string of the molecule is CNS(=O)(=O)c1cc(C(=O)N[C@H](C)c2ccccc2OC)cc(C)c1C. The van der Waals surface area contributed by atoms with Crippen molar-refractivity contribution in [3.63, 3.8) is 0 Å². The van der Waals surface area contributed by atoms with Gasteiger partial charge in [0, 0.05) is 11.1 Å². The summed E-state index contributed by atoms with van der Waals surface area (Å²) in [6.07, 6.45) is 0. The van der Waals surface area contributed by atoms with Gasteiger partial charge in [0.15, 0.2) is 0 Å². The van der Waals surface area contributed by atoms with Gasteiger partial charge in [0.05, 0.1) is 18.0 Å². The summed E-state index contributed by atoms with van der Waals surface area (Å²) in [5.74, 6) is 0.331. The van der Waals surface area contributed by atoms with Gasteiger partial charge in [-0.05, 0) is 57.1 Å². The molecule has 6 nitrogen and oxygen atoms in total. The molecule has 0 aliphatic heterocycles. The molecule has 0 heterocycles. The number of sulfonamides is 1. The molecule has 0 bridgehead atoms. The highest BCUT2D eigenvalue weighted by Crippen LogP contribution is 2.25. The number of amides is 1. The fraction of sp³-hybridized carbons (Fsp3) is 0.316. The average molecular weight is 376 g/mol. The predicted molar refractivity (Wildman–Crippen MR) is 101 cm³/mol. The molecule has 0 aromatic heterocycles. The van der Waals surface area contributed by atoms with Crippen LogP contribution in [0.5, 0.6) is 5.75 Å². The smallest absolute Gasteiger partial charge is 0.251 e. The van der Waals surface area contributed by atoms with E-state index >= 15 is 0 Å². The molecule has 2 rings (SSSR count). The minimum Gasteiger partial charge on any atom is -0.496 e. The van der Waals surface area contributed by atoms with E-state index < -0.39 is 10.0 Å². The van der Waals surface area contributed by atoms with Crippen molar-refractivity contribution >= 4 is 15.9 Å². The third kappa shape index (κ3) is 4.05. The Hall–Kier alpha value is -2.38. The molecule has 1 amide bonds. The van der Waals surface area contributed by atoms with Crippen molar-refractivity contribution in [3.05, 3.63) is 58.7 Å². The molecule has 140 valence electrons. The quantitative estimate of drug-likeness (QED) is 0.812. The maximum Gasteiger partial charge on any atom is 0.251 e. The van der Waals surface area contributed by atoms with E-state index in [9.17, 15) is 13.2 Å². The highest BCUT2D eigenvalue weighted by Gasteiger charge is 2.21. The summed E-state index contributed by atoms with van der Waals surface area (Å²) in [4.78, 5) is 12.8. The van der Waals surface area contributed by atoms with Crippen LogP contribution in [-0.4, -0.2) is 28.5 Å². The number of benzene rings is 2. The summed E-state index contributed by atoms with van der Waals surface area (Å²) < 4.78 is 32.1. The number of nitrogens with one attached hydrogen (secondary N) is 2. The first-order chi connectivity index (χ1) is 12.2. The average Bonchev–Trinajstić information content (AvgIpc) is 2.63. The molecule has 0 saturated carbocycles. The topological polar surface area (TPSA) is 84.5 Å². The molecule has 0 aliphatic carbocycles. The van der Waals surface area contributed by atoms with Crippen molar-refractivity contribution in [1.29, 1.82) is 0 Å². The monoisotopic (exact) mass is 376 g/mol. The van der Waals surface area contributed by atoms with Gasteiger partial charge in [-0.15, -0.1) is 0 Å². The minimum absolute atomic E-state index is 0.107. The standard InChI is InChI=1S/C19H24N2O4S/c1-12-10-15(11-18(13(12)2)26(23,24)20-4)19(22)21-14(3)16-8-6-7-9-17(16)25-5/h6-11,14,20H,1-5H3,(H,21,22)/t14-/m1/s1. The van der Waals surface area contributed by atoms with E-state index in [2.05, 4.69) is 10.0 Å². The Bertz CT molecular complexity index is 923. The molecule has 1 atom stereocenters. The zero-order valence-corrected chi connectivity index (χ0v) is 16.4. The van der Waals surface area contributed by atoms with Crippen LogP contribution >= 0.6 is 0 Å². The fourth-order valence-electron chi connectivity index (χ4n) is 2.73. The van der Waals surface area contributed by atoms with Crippen molar-refractivity contribution in [2.24, 2.45) is 0 Å². The third-order valence-electron chi connectivity index (χ3n) is 4.39. The van der Waals surface area contributed by atoms with Crippen molar-refractivity contribution < 1.29 is 17.9 Å². The maximum absolute atomic E-state index is 12.7. The Morgan fingerprint density at radius 2 is 1.81 bits per heavy atom. The number of aryl methyl sites for hydroxylation is 1. The van der Waals surface area contributed by atoms with E-state index in [1.165, 1.54) is 13.1 Å². The molecular formula is C19H24N2O4S. The number of hydrogen-bond acceptors (Lipinski definition) is 4. The van der Waals surface area contributed by atoms with Crippen LogP contribution in [0, 0.1) is 13.8 Å². The van der Waals surface area contributed by atoms with Crippen LogP contribution in [0.1, 0.15) is 40.0 Å². The van der Waals surface area contributed by atoms with E-state index in [0.29, 0.717) is 16.9 Å². The van der Waals surface area contributed by atoms with E-state index in [1.54, 1.807) is 27.0 Å². The van der Waals surface area contributed by atoms with Crippen LogP contribution in [0.25, 0.3) is 0 Å². The molecule has 0 fully saturated rings. The number of carbonyl (C=O) groups is 1. The van der Waals surface area contributed by atoms with Gasteiger partial charge in [-0.3, -0.25) is 4.79 Å². The summed E-state index contributed by atoms with van der Waals surface area (Å²) in [6, 6.07) is 10.2. The second-order valence-corrected chi connectivity index (χ2v) is 7.92. The molecule has 0 aliphatic rings. The van der Waals surface area contributed by atoms with Crippen LogP contribution in [0.4, 0.5) is 0 Å². The summed E-state index contributed by atoms with van der Waals surface area (Å²) >= 11 is 0. The van der Waals surface area contributed by atoms with Crippen LogP contribution in [0.15, 0.2) is 41.3 Å². The molecular weight excluding hydrogens is 352 g/mol. The van der Waals surface area contributed by atoms with E-state index in [1.807, 2.05) is 31.2 Å². The molecule has 26 heavy (non-hydrogen) atoms. The van der Waals surface area contributed by atoms with E-state index in [0.717, 1.165) is 11.1 Å². The first kappa shape index (κ1) is 19.9. The molecule has 0 saturated heterocycles. The van der Waals surface area contributed by atoms with Crippen molar-refractivity contribution in [3.8, 4) is 5.75 Å². The summed E-state index contributed by atoms with van der Waals surface area (Å²) in [5, 5.41) is 2.90. The Labute approximate surface area is 154 Å². The Balaban J connectivity index is 2.36. The first-order valence-electron chi connectivity index (χ1n) is 8.19. The molecule has 2 aromatic carbocycles.